The molecule has 0 amide bonds. The van der Waals surface area contributed by atoms with Crippen LogP contribution in [0.15, 0.2) is 48.5 Å². The molecule has 0 aliphatic carbocycles. The maximum absolute atomic E-state index is 13.0. The first-order valence-corrected chi connectivity index (χ1v) is 8.43. The van der Waals surface area contributed by atoms with Gasteiger partial charge in [-0.15, -0.1) is 0 Å². The highest BCUT2D eigenvalue weighted by Gasteiger charge is 2.53. The Hall–Kier alpha value is -1.75. The molecule has 0 atom stereocenters. The predicted octanol–water partition coefficient (Wildman–Crippen LogP) is 4.47. The summed E-state index contributed by atoms with van der Waals surface area (Å²) in [6.45, 7) is 4.17. The molecular formula is C20H21FO3. The van der Waals surface area contributed by atoms with Crippen LogP contribution in [0.2, 0.25) is 0 Å². The van der Waals surface area contributed by atoms with Gasteiger partial charge in [0.25, 0.3) is 0 Å². The fourth-order valence-electron chi connectivity index (χ4n) is 3.50. The summed E-state index contributed by atoms with van der Waals surface area (Å²) in [5.41, 5.74) is 2.85. The van der Waals surface area contributed by atoms with E-state index in [-0.39, 0.29) is 11.2 Å². The van der Waals surface area contributed by atoms with Crippen LogP contribution < -0.4 is 0 Å². The van der Waals surface area contributed by atoms with Crippen LogP contribution in [0.25, 0.3) is 11.1 Å². The van der Waals surface area contributed by atoms with E-state index in [1.807, 2.05) is 24.3 Å². The van der Waals surface area contributed by atoms with Crippen LogP contribution in [0.3, 0.4) is 0 Å². The minimum absolute atomic E-state index is 0.00452. The molecule has 2 bridgehead atoms. The Morgan fingerprint density at radius 3 is 1.83 bits per heavy atom. The first-order valence-electron chi connectivity index (χ1n) is 8.43. The van der Waals surface area contributed by atoms with Crippen molar-refractivity contribution in [1.82, 2.24) is 0 Å². The zero-order chi connectivity index (χ0) is 16.6. The summed E-state index contributed by atoms with van der Waals surface area (Å²) in [6, 6.07) is 14.3. The van der Waals surface area contributed by atoms with E-state index >= 15 is 0 Å². The molecule has 0 N–H and O–H groups in total. The van der Waals surface area contributed by atoms with Crippen LogP contribution in [-0.4, -0.2) is 19.8 Å². The fourth-order valence-corrected chi connectivity index (χ4v) is 3.50. The standard InChI is InChI=1S/C20H21FO3/c1-2-11-19-12-22-20(23-13-19,24-14-19)17-7-3-15(4-8-17)16-5-9-18(21)10-6-16/h3-10H,2,11-14H2,1H3. The van der Waals surface area contributed by atoms with Gasteiger partial charge in [0.15, 0.2) is 0 Å². The number of hydrogen-bond donors (Lipinski definition) is 0. The average Bonchev–Trinajstić information content (AvgIpc) is 2.64. The lowest BCUT2D eigenvalue weighted by Gasteiger charge is -2.51. The molecule has 0 radical (unpaired) electrons. The summed E-state index contributed by atoms with van der Waals surface area (Å²) in [5, 5.41) is 0. The van der Waals surface area contributed by atoms with Crippen LogP contribution >= 0.6 is 0 Å². The molecule has 0 aromatic heterocycles. The van der Waals surface area contributed by atoms with Gasteiger partial charge in [-0.3, -0.25) is 0 Å². The van der Waals surface area contributed by atoms with Crippen molar-refractivity contribution in [2.24, 2.45) is 5.41 Å². The first kappa shape index (κ1) is 15.8. The van der Waals surface area contributed by atoms with E-state index in [0.29, 0.717) is 19.8 Å². The Bertz CT molecular complexity index is 684. The van der Waals surface area contributed by atoms with Gasteiger partial charge in [-0.25, -0.2) is 4.39 Å². The lowest BCUT2D eigenvalue weighted by Crippen LogP contribution is -2.58. The maximum Gasteiger partial charge on any atom is 0.312 e. The minimum atomic E-state index is -1.07. The highest BCUT2D eigenvalue weighted by molar-refractivity contribution is 5.63. The van der Waals surface area contributed by atoms with Crippen LogP contribution in [0.4, 0.5) is 4.39 Å². The number of hydrogen-bond acceptors (Lipinski definition) is 3. The lowest BCUT2D eigenvalue weighted by molar-refractivity contribution is -0.480. The normalized spacial score (nSPS) is 28.9. The van der Waals surface area contributed by atoms with Crippen LogP contribution in [-0.2, 0) is 20.2 Å². The van der Waals surface area contributed by atoms with E-state index in [4.69, 9.17) is 14.2 Å². The SMILES string of the molecule is CCCC12COC(c3ccc(-c4ccc(F)cc4)cc3)(OC1)OC2. The van der Waals surface area contributed by atoms with Crippen molar-refractivity contribution in [2.45, 2.75) is 25.7 Å². The van der Waals surface area contributed by atoms with Gasteiger partial charge in [-0.2, -0.15) is 0 Å². The van der Waals surface area contributed by atoms with Crippen molar-refractivity contribution in [2.75, 3.05) is 19.8 Å². The Morgan fingerprint density at radius 1 is 0.833 bits per heavy atom. The van der Waals surface area contributed by atoms with E-state index in [0.717, 1.165) is 29.5 Å². The number of fused-ring (bicyclic) bond motifs is 3. The van der Waals surface area contributed by atoms with Gasteiger partial charge in [-0.05, 0) is 29.7 Å². The summed E-state index contributed by atoms with van der Waals surface area (Å²) >= 11 is 0. The molecular weight excluding hydrogens is 307 g/mol. The quantitative estimate of drug-likeness (QED) is 0.829. The third-order valence-corrected chi connectivity index (χ3v) is 4.90. The van der Waals surface area contributed by atoms with Crippen molar-refractivity contribution in [3.8, 4) is 11.1 Å². The largest absolute Gasteiger partial charge is 0.323 e. The second-order valence-electron chi connectivity index (χ2n) is 6.76. The lowest BCUT2D eigenvalue weighted by atomic mass is 9.83. The molecule has 3 fully saturated rings. The molecule has 0 saturated carbocycles. The average molecular weight is 328 g/mol. The highest BCUT2D eigenvalue weighted by atomic mass is 19.1. The molecule has 3 saturated heterocycles. The maximum atomic E-state index is 13.0. The first-order chi connectivity index (χ1) is 11.6. The monoisotopic (exact) mass is 328 g/mol. The molecule has 126 valence electrons. The smallest absolute Gasteiger partial charge is 0.312 e. The third kappa shape index (κ3) is 2.65. The van der Waals surface area contributed by atoms with Crippen LogP contribution in [0, 0.1) is 11.2 Å². The number of benzene rings is 2. The molecule has 24 heavy (non-hydrogen) atoms. The van der Waals surface area contributed by atoms with Crippen molar-refractivity contribution < 1.29 is 18.6 Å². The Kier molecular flexibility index (Phi) is 3.91. The van der Waals surface area contributed by atoms with E-state index in [1.54, 1.807) is 12.1 Å². The second-order valence-corrected chi connectivity index (χ2v) is 6.76. The molecule has 3 heterocycles. The summed E-state index contributed by atoms with van der Waals surface area (Å²) in [7, 11) is 0. The van der Waals surface area contributed by atoms with Crippen molar-refractivity contribution in [3.05, 3.63) is 59.9 Å². The summed E-state index contributed by atoms with van der Waals surface area (Å²) in [4.78, 5) is 0. The molecule has 3 aliphatic rings. The van der Waals surface area contributed by atoms with Gasteiger partial charge in [-0.1, -0.05) is 49.7 Å². The number of halogens is 1. The van der Waals surface area contributed by atoms with E-state index in [9.17, 15) is 4.39 Å². The van der Waals surface area contributed by atoms with Gasteiger partial charge in [0, 0.05) is 11.0 Å². The third-order valence-electron chi connectivity index (χ3n) is 4.90. The zero-order valence-corrected chi connectivity index (χ0v) is 13.8. The number of ether oxygens (including phenoxy) is 3. The molecule has 4 heteroatoms. The highest BCUT2D eigenvalue weighted by Crippen LogP contribution is 2.46. The van der Waals surface area contributed by atoms with Gasteiger partial charge >= 0.3 is 5.97 Å². The molecule has 2 aromatic carbocycles. The summed E-state index contributed by atoms with van der Waals surface area (Å²) in [5.74, 6) is -1.30. The van der Waals surface area contributed by atoms with Gasteiger partial charge in [0.1, 0.15) is 5.82 Å². The van der Waals surface area contributed by atoms with Gasteiger partial charge < -0.3 is 14.2 Å². The Labute approximate surface area is 141 Å². The van der Waals surface area contributed by atoms with Gasteiger partial charge in [0.05, 0.1) is 19.8 Å². The summed E-state index contributed by atoms with van der Waals surface area (Å²) < 4.78 is 31.0. The predicted molar refractivity (Wildman–Crippen MR) is 88.7 cm³/mol. The van der Waals surface area contributed by atoms with E-state index in [1.165, 1.54) is 12.1 Å². The van der Waals surface area contributed by atoms with Crippen LogP contribution in [0.5, 0.6) is 0 Å². The molecule has 3 aliphatic heterocycles. The Morgan fingerprint density at radius 2 is 1.33 bits per heavy atom. The number of rotatable bonds is 4. The molecule has 0 unspecified atom stereocenters. The topological polar surface area (TPSA) is 27.7 Å². The second kappa shape index (κ2) is 5.96. The van der Waals surface area contributed by atoms with Crippen molar-refractivity contribution in [1.29, 1.82) is 0 Å². The van der Waals surface area contributed by atoms with E-state index < -0.39 is 5.97 Å². The van der Waals surface area contributed by atoms with Gasteiger partial charge in [0.2, 0.25) is 0 Å². The zero-order valence-electron chi connectivity index (χ0n) is 13.8. The summed E-state index contributed by atoms with van der Waals surface area (Å²) in [6.07, 6.45) is 2.14. The molecule has 3 nitrogen and oxygen atoms in total. The van der Waals surface area contributed by atoms with Crippen molar-refractivity contribution in [3.63, 3.8) is 0 Å². The van der Waals surface area contributed by atoms with E-state index in [2.05, 4.69) is 6.92 Å². The van der Waals surface area contributed by atoms with Crippen LogP contribution in [0.1, 0.15) is 25.3 Å². The minimum Gasteiger partial charge on any atom is -0.323 e. The van der Waals surface area contributed by atoms with Crippen molar-refractivity contribution >= 4 is 0 Å². The fraction of sp³-hybridized carbons (Fsp3) is 0.400. The molecule has 5 rings (SSSR count). The molecule has 0 spiro atoms. The molecule has 2 aromatic rings. The Balaban J connectivity index is 1.55.